The topological polar surface area (TPSA) is 191 Å². The van der Waals surface area contributed by atoms with Crippen LogP contribution in [0.2, 0.25) is 0 Å². The fourth-order valence-electron chi connectivity index (χ4n) is 7.53. The molecule has 2 saturated carbocycles. The highest BCUT2D eigenvalue weighted by atomic mass is 16.3. The lowest BCUT2D eigenvalue weighted by molar-refractivity contribution is -0.182. The molecule has 5 N–H and O–H groups in total. The van der Waals surface area contributed by atoms with Crippen molar-refractivity contribution in [2.75, 3.05) is 19.0 Å². The Labute approximate surface area is 255 Å². The molecule has 3 aliphatic carbocycles. The number of nitriles is 1. The predicted molar refractivity (Wildman–Crippen MR) is 158 cm³/mol. The van der Waals surface area contributed by atoms with Crippen LogP contribution >= 0.6 is 0 Å². The lowest BCUT2D eigenvalue weighted by Gasteiger charge is -2.52. The number of Topliss-reactive ketones (excluding diaryl/α,β-unsaturated/α-hetero) is 4. The number of nitrogens with two attached hydrogens (primary N) is 1. The zero-order valence-electron chi connectivity index (χ0n) is 25.1. The van der Waals surface area contributed by atoms with Gasteiger partial charge in [0.15, 0.2) is 34.7 Å². The van der Waals surface area contributed by atoms with Crippen LogP contribution in [0.5, 0.6) is 5.75 Å². The number of aliphatic hydroxyl groups is 1. The number of primary amides is 1. The molecule has 230 valence electrons. The molecule has 6 atom stereocenters. The molecule has 11 heteroatoms. The average molecular weight is 601 g/mol. The maximum atomic E-state index is 14.2. The molecule has 0 bridgehead atoms. The van der Waals surface area contributed by atoms with Gasteiger partial charge >= 0.3 is 0 Å². The largest absolute Gasteiger partial charge is 0.507 e. The fourth-order valence-corrected chi connectivity index (χ4v) is 7.53. The molecule has 11 nitrogen and oxygen atoms in total. The van der Waals surface area contributed by atoms with Crippen LogP contribution in [-0.2, 0) is 38.7 Å². The Morgan fingerprint density at radius 2 is 1.80 bits per heavy atom. The van der Waals surface area contributed by atoms with Crippen LogP contribution in [0.3, 0.4) is 0 Å². The number of carbonyl (C=O) groups excluding carboxylic acids is 5. The molecule has 0 aromatic heterocycles. The first-order valence-corrected chi connectivity index (χ1v) is 14.7. The molecule has 2 aromatic carbocycles. The van der Waals surface area contributed by atoms with Crippen LogP contribution in [0, 0.1) is 46.8 Å². The number of phenolic OH excluding ortho intramolecular Hbond substituents is 1. The Balaban J connectivity index is 1.53. The summed E-state index contributed by atoms with van der Waals surface area (Å²) < 4.78 is 0. The number of hydrogen-bond acceptors (Lipinski definition) is 10. The molecule has 2 fully saturated rings. The second-order valence-corrected chi connectivity index (χ2v) is 12.7. The summed E-state index contributed by atoms with van der Waals surface area (Å²) in [6.07, 6.45) is 0.238. The van der Waals surface area contributed by atoms with Gasteiger partial charge in [-0.1, -0.05) is 26.0 Å². The summed E-state index contributed by atoms with van der Waals surface area (Å²) >= 11 is 0. The molecule has 0 saturated heterocycles. The number of rotatable bonds is 7. The molecule has 0 spiro atoms. The minimum atomic E-state index is -2.73. The fraction of sp³-hybridized carbons (Fsp3) is 0.455. The van der Waals surface area contributed by atoms with Crippen molar-refractivity contribution in [2.24, 2.45) is 41.2 Å². The van der Waals surface area contributed by atoms with Crippen LogP contribution in [0.1, 0.15) is 52.9 Å². The first kappa shape index (κ1) is 31.0. The molecular formula is C33H36N4O7. The number of anilines is 1. The third-order valence-electron chi connectivity index (χ3n) is 9.58. The number of phenols is 1. The first-order valence-electron chi connectivity index (χ1n) is 14.7. The van der Waals surface area contributed by atoms with Crippen LogP contribution in [0.15, 0.2) is 30.3 Å². The number of aromatic hydroxyl groups is 1. The Morgan fingerprint density at radius 3 is 2.36 bits per heavy atom. The minimum Gasteiger partial charge on any atom is -0.507 e. The summed E-state index contributed by atoms with van der Waals surface area (Å²) in [6, 6.07) is 10.9. The number of nitrogens with zero attached hydrogens (tertiary/aromatic N) is 2. The highest BCUT2D eigenvalue weighted by Gasteiger charge is 2.69. The van der Waals surface area contributed by atoms with Crippen molar-refractivity contribution in [3.05, 3.63) is 58.1 Å². The number of hydrogen-bond donors (Lipinski definition) is 4. The number of carbonyl (C=O) groups is 5. The second-order valence-electron chi connectivity index (χ2n) is 12.7. The van der Waals surface area contributed by atoms with E-state index in [0.717, 1.165) is 5.56 Å². The van der Waals surface area contributed by atoms with Gasteiger partial charge < -0.3 is 26.2 Å². The normalized spacial score (nSPS) is 27.8. The number of ketones is 4. The van der Waals surface area contributed by atoms with Crippen molar-refractivity contribution in [1.29, 1.82) is 5.26 Å². The third-order valence-corrected chi connectivity index (χ3v) is 9.58. The first-order chi connectivity index (χ1) is 20.7. The number of nitrogens with one attached hydrogen (secondary N) is 1. The summed E-state index contributed by atoms with van der Waals surface area (Å²) in [5.41, 5.74) is 5.74. The quantitative estimate of drug-likeness (QED) is 0.338. The third kappa shape index (κ3) is 4.69. The van der Waals surface area contributed by atoms with Gasteiger partial charge in [0.2, 0.25) is 5.91 Å². The van der Waals surface area contributed by atoms with Gasteiger partial charge in [-0.3, -0.25) is 24.0 Å². The van der Waals surface area contributed by atoms with E-state index >= 15 is 0 Å². The zero-order chi connectivity index (χ0) is 32.2. The Hall–Kier alpha value is -4.40. The molecule has 2 aromatic rings. The lowest BCUT2D eigenvalue weighted by Crippen LogP contribution is -2.71. The molecule has 3 aliphatic rings. The van der Waals surface area contributed by atoms with Crippen molar-refractivity contribution in [3.8, 4) is 11.8 Å². The molecule has 2 unspecified atom stereocenters. The van der Waals surface area contributed by atoms with E-state index in [1.807, 2.05) is 17.0 Å². The molecule has 0 heterocycles. The van der Waals surface area contributed by atoms with Gasteiger partial charge in [0, 0.05) is 50.3 Å². The van der Waals surface area contributed by atoms with Gasteiger partial charge in [0.25, 0.3) is 0 Å². The standard InChI is InChI=1S/C33H36N4O7/c1-15(2)23-21-10-18-9-20-22(37(3)4)11-19(14-36-13-17-7-5-16(12-34)6-8-17)27(38)25(20)29(40)24(18)30(41)33(21,44)31(42)26(28(23)39)32(35)43/h5-8,11,15,18,21,23-24,26,36,38,44H,9-10,13-14H2,1-4H3,(H2,35,43)/t18-,21-,23-,24?,26?,33-/m0/s1. The van der Waals surface area contributed by atoms with Gasteiger partial charge in [0.05, 0.1) is 23.1 Å². The number of fused-ring (bicyclic) bond motifs is 3. The van der Waals surface area contributed by atoms with Gasteiger partial charge in [0.1, 0.15) is 5.75 Å². The van der Waals surface area contributed by atoms with Crippen LogP contribution in [0.25, 0.3) is 0 Å². The van der Waals surface area contributed by atoms with Crippen LogP contribution in [0.4, 0.5) is 5.69 Å². The van der Waals surface area contributed by atoms with E-state index in [2.05, 4.69) is 11.4 Å². The summed E-state index contributed by atoms with van der Waals surface area (Å²) in [5, 5.41) is 35.5. The van der Waals surface area contributed by atoms with Gasteiger partial charge in [-0.25, -0.2) is 0 Å². The molecule has 0 aliphatic heterocycles. The van der Waals surface area contributed by atoms with E-state index in [4.69, 9.17) is 11.0 Å². The van der Waals surface area contributed by atoms with Crippen LogP contribution in [-0.4, -0.2) is 58.9 Å². The van der Waals surface area contributed by atoms with Gasteiger partial charge in [-0.2, -0.15) is 5.26 Å². The average Bonchev–Trinajstić information content (AvgIpc) is 2.96. The van der Waals surface area contributed by atoms with E-state index < -0.39 is 70.1 Å². The minimum absolute atomic E-state index is 0.0331. The Morgan fingerprint density at radius 1 is 1.14 bits per heavy atom. The predicted octanol–water partition coefficient (Wildman–Crippen LogP) is 1.44. The molecular weight excluding hydrogens is 564 g/mol. The van der Waals surface area contributed by atoms with Gasteiger partial charge in [-0.05, 0) is 54.0 Å². The van der Waals surface area contributed by atoms with Gasteiger partial charge in [-0.15, -0.1) is 0 Å². The van der Waals surface area contributed by atoms with E-state index in [1.54, 1.807) is 46.1 Å². The Bertz CT molecular complexity index is 1620. The van der Waals surface area contributed by atoms with E-state index in [9.17, 15) is 34.2 Å². The number of benzene rings is 2. The SMILES string of the molecule is CC(C)[C@@H]1C(=O)C(C(N)=O)C(=O)[C@@]2(O)C(=O)C3C(=O)c4c(O)c(CNCc5ccc(C#N)cc5)cc(N(C)C)c4C[C@H]3C[C@@H]12. The van der Waals surface area contributed by atoms with Crippen molar-refractivity contribution < 1.29 is 34.2 Å². The van der Waals surface area contributed by atoms with E-state index in [0.29, 0.717) is 28.9 Å². The summed E-state index contributed by atoms with van der Waals surface area (Å²) in [7, 11) is 3.61. The molecule has 1 amide bonds. The molecule has 44 heavy (non-hydrogen) atoms. The van der Waals surface area contributed by atoms with E-state index in [-0.39, 0.29) is 30.7 Å². The molecule has 0 radical (unpaired) electrons. The highest BCUT2D eigenvalue weighted by Crippen LogP contribution is 2.54. The molecule has 5 rings (SSSR count). The van der Waals surface area contributed by atoms with Crippen molar-refractivity contribution in [1.82, 2.24) is 5.32 Å². The summed E-state index contributed by atoms with van der Waals surface area (Å²) in [5.74, 6) is -11.8. The smallest absolute Gasteiger partial charge is 0.235 e. The maximum absolute atomic E-state index is 14.2. The lowest BCUT2D eigenvalue weighted by atomic mass is 9.49. The maximum Gasteiger partial charge on any atom is 0.235 e. The summed E-state index contributed by atoms with van der Waals surface area (Å²) in [6.45, 7) is 4.03. The monoisotopic (exact) mass is 600 g/mol. The van der Waals surface area contributed by atoms with Crippen molar-refractivity contribution >= 4 is 34.7 Å². The Kier molecular flexibility index (Phi) is 7.95. The summed E-state index contributed by atoms with van der Waals surface area (Å²) in [4.78, 5) is 69.1. The zero-order valence-corrected chi connectivity index (χ0v) is 25.1. The highest BCUT2D eigenvalue weighted by molar-refractivity contribution is 6.32. The van der Waals surface area contributed by atoms with E-state index in [1.165, 1.54) is 0 Å². The van der Waals surface area contributed by atoms with Crippen LogP contribution < -0.4 is 16.0 Å². The number of amides is 1. The van der Waals surface area contributed by atoms with Crippen molar-refractivity contribution in [3.63, 3.8) is 0 Å². The second kappa shape index (κ2) is 11.3. The van der Waals surface area contributed by atoms with Crippen molar-refractivity contribution in [2.45, 2.75) is 45.4 Å².